The molecule has 0 aliphatic heterocycles. The number of aliphatic hydroxyl groups is 1. The fraction of sp³-hybridized carbons (Fsp3) is 0.267. The lowest BCUT2D eigenvalue weighted by Crippen LogP contribution is -2.36. The van der Waals surface area contributed by atoms with E-state index in [2.05, 4.69) is 13.2 Å². The number of thiophene rings is 1. The molecule has 0 radical (unpaired) electrons. The maximum Gasteiger partial charge on any atom is 0.132 e. The van der Waals surface area contributed by atoms with Crippen molar-refractivity contribution in [3.8, 4) is 0 Å². The molecule has 0 fully saturated rings. The molecule has 1 N–H and O–H groups in total. The van der Waals surface area contributed by atoms with Crippen molar-refractivity contribution in [2.75, 3.05) is 7.05 Å². The molecule has 1 heterocycles. The molecule has 1 rings (SSSR count). The van der Waals surface area contributed by atoms with Gasteiger partial charge in [-0.2, -0.15) is 0 Å². The number of carbonyl (C=O) groups excluding carboxylic acids is 1. The maximum atomic E-state index is 11.2. The third kappa shape index (κ3) is 3.83. The van der Waals surface area contributed by atoms with Gasteiger partial charge in [-0.3, -0.25) is 0 Å². The Bertz CT molecular complexity index is 573. The Labute approximate surface area is 117 Å². The zero-order valence-corrected chi connectivity index (χ0v) is 12.1. The monoisotopic (exact) mass is 277 g/mol. The number of allylic oxidation sites excluding steroid dienone is 2. The second-order valence-electron chi connectivity index (χ2n) is 4.32. The van der Waals surface area contributed by atoms with Crippen LogP contribution in [-0.4, -0.2) is 29.4 Å². The van der Waals surface area contributed by atoms with Crippen LogP contribution in [0, 0.1) is 5.92 Å². The van der Waals surface area contributed by atoms with Gasteiger partial charge in [-0.25, -0.2) is 0 Å². The van der Waals surface area contributed by atoms with Crippen molar-refractivity contribution < 1.29 is 9.90 Å². The lowest BCUT2D eigenvalue weighted by Gasteiger charge is -2.27. The summed E-state index contributed by atoms with van der Waals surface area (Å²) >= 11 is 1.57. The first-order valence-corrected chi connectivity index (χ1v) is 6.82. The van der Waals surface area contributed by atoms with Crippen molar-refractivity contribution in [2.45, 2.75) is 13.0 Å². The van der Waals surface area contributed by atoms with Gasteiger partial charge in [0.1, 0.15) is 12.0 Å². The van der Waals surface area contributed by atoms with Crippen molar-refractivity contribution in [1.82, 2.24) is 4.90 Å². The van der Waals surface area contributed by atoms with Gasteiger partial charge in [0.05, 0.1) is 5.92 Å². The van der Waals surface area contributed by atoms with Crippen molar-refractivity contribution in [3.63, 3.8) is 0 Å². The van der Waals surface area contributed by atoms with E-state index >= 15 is 0 Å². The van der Waals surface area contributed by atoms with Crippen molar-refractivity contribution in [2.24, 2.45) is 5.92 Å². The number of carbonyl (C=O) groups is 1. The molecule has 102 valence electrons. The summed E-state index contributed by atoms with van der Waals surface area (Å²) in [5, 5.41) is 12.8. The molecule has 0 saturated heterocycles. The highest BCUT2D eigenvalue weighted by Gasteiger charge is 2.22. The molecule has 1 aromatic rings. The molecule has 3 nitrogen and oxygen atoms in total. The zero-order valence-electron chi connectivity index (χ0n) is 11.2. The smallest absolute Gasteiger partial charge is 0.132 e. The fourth-order valence-corrected chi connectivity index (χ4v) is 2.35. The average molecular weight is 277 g/mol. The van der Waals surface area contributed by atoms with Gasteiger partial charge < -0.3 is 14.8 Å². The van der Waals surface area contributed by atoms with Crippen LogP contribution in [0.2, 0.25) is 0 Å². The number of rotatable bonds is 6. The summed E-state index contributed by atoms with van der Waals surface area (Å²) in [6.45, 7) is 9.34. The molecule has 4 heteroatoms. The SMILES string of the molecule is C=C/C=C(/O)C(C=O)[C@H](C)N(C)/C=c1/ccsc1=C. The van der Waals surface area contributed by atoms with Crippen LogP contribution in [0.3, 0.4) is 0 Å². The number of hydrogen-bond acceptors (Lipinski definition) is 4. The normalized spacial score (nSPS) is 15.9. The van der Waals surface area contributed by atoms with E-state index < -0.39 is 5.92 Å². The Kier molecular flexibility index (Phi) is 5.57. The summed E-state index contributed by atoms with van der Waals surface area (Å²) in [5.41, 5.74) is 0. The molecule has 0 aromatic carbocycles. The maximum absolute atomic E-state index is 11.2. The van der Waals surface area contributed by atoms with Crippen LogP contribution in [0.25, 0.3) is 12.8 Å². The van der Waals surface area contributed by atoms with Crippen LogP contribution in [0.15, 0.2) is 35.9 Å². The van der Waals surface area contributed by atoms with E-state index in [9.17, 15) is 9.90 Å². The summed E-state index contributed by atoms with van der Waals surface area (Å²) in [6, 6.07) is 1.82. The molecule has 0 saturated carbocycles. The first-order chi connectivity index (χ1) is 9.01. The fourth-order valence-electron chi connectivity index (χ4n) is 1.72. The number of hydrogen-bond donors (Lipinski definition) is 1. The van der Waals surface area contributed by atoms with Gasteiger partial charge in [-0.15, -0.1) is 11.3 Å². The molecule has 0 aliphatic carbocycles. The standard InChI is InChI=1S/C15H19NO2S/c1-5-6-15(18)14(10-17)11(2)16(4)9-13-7-8-19-12(13)3/h5-11,14,18H,1,3H2,2,4H3/b13-9-,15-6+/t11-,14?/m0/s1. The summed E-state index contributed by atoms with van der Waals surface area (Å²) in [4.78, 5) is 13.1. The Morgan fingerprint density at radius 2 is 2.26 bits per heavy atom. The van der Waals surface area contributed by atoms with E-state index in [0.717, 1.165) is 16.0 Å². The summed E-state index contributed by atoms with van der Waals surface area (Å²) in [5.74, 6) is -0.552. The highest BCUT2D eigenvalue weighted by atomic mass is 32.1. The first kappa shape index (κ1) is 15.2. The van der Waals surface area contributed by atoms with Crippen LogP contribution >= 0.6 is 11.3 Å². The molecule has 1 unspecified atom stereocenters. The molecule has 0 aliphatic rings. The summed E-state index contributed by atoms with van der Waals surface area (Å²) < 4.78 is 0.979. The van der Waals surface area contributed by atoms with Crippen LogP contribution in [0.4, 0.5) is 0 Å². The minimum Gasteiger partial charge on any atom is -0.511 e. The van der Waals surface area contributed by atoms with E-state index in [1.54, 1.807) is 11.3 Å². The second kappa shape index (κ2) is 6.95. The van der Waals surface area contributed by atoms with Crippen LogP contribution in [0.1, 0.15) is 6.92 Å². The van der Waals surface area contributed by atoms with E-state index in [0.29, 0.717) is 0 Å². The summed E-state index contributed by atoms with van der Waals surface area (Å²) in [6.07, 6.45) is 5.60. The van der Waals surface area contributed by atoms with E-state index in [-0.39, 0.29) is 11.8 Å². The van der Waals surface area contributed by atoms with Gasteiger partial charge in [-0.05, 0) is 24.4 Å². The van der Waals surface area contributed by atoms with Crippen molar-refractivity contribution in [1.29, 1.82) is 0 Å². The second-order valence-corrected chi connectivity index (χ2v) is 5.32. The van der Waals surface area contributed by atoms with Crippen LogP contribution in [0.5, 0.6) is 0 Å². The summed E-state index contributed by atoms with van der Waals surface area (Å²) in [7, 11) is 1.87. The quantitative estimate of drug-likeness (QED) is 0.488. The molecule has 2 atom stereocenters. The molecule has 1 aromatic heterocycles. The van der Waals surface area contributed by atoms with Gasteiger partial charge in [0, 0.05) is 29.0 Å². The van der Waals surface area contributed by atoms with E-state index in [4.69, 9.17) is 0 Å². The van der Waals surface area contributed by atoms with Gasteiger partial charge in [0.15, 0.2) is 0 Å². The van der Waals surface area contributed by atoms with Crippen molar-refractivity contribution >= 4 is 30.4 Å². The van der Waals surface area contributed by atoms with E-state index in [1.807, 2.05) is 36.5 Å². The molecule has 0 amide bonds. The molecule has 0 bridgehead atoms. The topological polar surface area (TPSA) is 40.5 Å². The average Bonchev–Trinajstić information content (AvgIpc) is 2.76. The van der Waals surface area contributed by atoms with Gasteiger partial charge in [-0.1, -0.05) is 19.2 Å². The van der Waals surface area contributed by atoms with E-state index in [1.165, 1.54) is 12.2 Å². The molecular weight excluding hydrogens is 258 g/mol. The predicted molar refractivity (Wildman–Crippen MR) is 81.2 cm³/mol. The van der Waals surface area contributed by atoms with Crippen molar-refractivity contribution in [3.05, 3.63) is 45.7 Å². The Morgan fingerprint density at radius 1 is 1.58 bits per heavy atom. The molecule has 0 spiro atoms. The minimum absolute atomic E-state index is 0.0258. The Balaban J connectivity index is 2.99. The predicted octanol–water partition coefficient (Wildman–Crippen LogP) is 1.66. The number of aliphatic hydroxyl groups excluding tert-OH is 1. The highest BCUT2D eigenvalue weighted by Crippen LogP contribution is 2.15. The zero-order chi connectivity index (χ0) is 14.4. The largest absolute Gasteiger partial charge is 0.511 e. The van der Waals surface area contributed by atoms with Crippen LogP contribution in [-0.2, 0) is 4.79 Å². The number of nitrogens with zero attached hydrogens (tertiary/aromatic N) is 1. The van der Waals surface area contributed by atoms with Gasteiger partial charge in [0.25, 0.3) is 0 Å². The molecule has 19 heavy (non-hydrogen) atoms. The third-order valence-corrected chi connectivity index (χ3v) is 3.85. The Morgan fingerprint density at radius 3 is 2.74 bits per heavy atom. The highest BCUT2D eigenvalue weighted by molar-refractivity contribution is 7.07. The third-order valence-electron chi connectivity index (χ3n) is 3.06. The van der Waals surface area contributed by atoms with Gasteiger partial charge in [0.2, 0.25) is 0 Å². The van der Waals surface area contributed by atoms with Crippen LogP contribution < -0.4 is 9.75 Å². The minimum atomic E-state index is -0.578. The number of aldehydes is 1. The molecular formula is C15H19NO2S. The lowest BCUT2D eigenvalue weighted by atomic mass is 9.99. The van der Waals surface area contributed by atoms with Gasteiger partial charge >= 0.3 is 0 Å². The Hall–Kier alpha value is -1.81. The first-order valence-electron chi connectivity index (χ1n) is 5.94. The lowest BCUT2D eigenvalue weighted by molar-refractivity contribution is -0.112.